The number of nitro groups is 1. The van der Waals surface area contributed by atoms with E-state index >= 15 is 0 Å². The summed E-state index contributed by atoms with van der Waals surface area (Å²) in [5.41, 5.74) is 6.21. The van der Waals surface area contributed by atoms with Crippen molar-refractivity contribution in [2.24, 2.45) is 0 Å². The molecular weight excluding hydrogens is 260 g/mol. The fourth-order valence-electron chi connectivity index (χ4n) is 2.27. The summed E-state index contributed by atoms with van der Waals surface area (Å²) in [4.78, 5) is 12.8. The van der Waals surface area contributed by atoms with Crippen LogP contribution in [0.4, 0.5) is 11.4 Å². The first-order valence-electron chi connectivity index (χ1n) is 6.55. The third-order valence-corrected chi connectivity index (χ3v) is 3.38. The number of nitrogens with two attached hydrogens (primary N) is 1. The molecule has 0 atom stereocenters. The van der Waals surface area contributed by atoms with Crippen LogP contribution in [0.5, 0.6) is 5.75 Å². The second-order valence-electron chi connectivity index (χ2n) is 4.75. The van der Waals surface area contributed by atoms with Gasteiger partial charge in [0.2, 0.25) is 0 Å². The van der Waals surface area contributed by atoms with Gasteiger partial charge in [0.15, 0.2) is 5.75 Å². The molecule has 0 unspecified atom stereocenters. The second-order valence-corrected chi connectivity index (χ2v) is 4.75. The van der Waals surface area contributed by atoms with Crippen molar-refractivity contribution in [1.82, 2.24) is 4.90 Å². The highest BCUT2D eigenvalue weighted by molar-refractivity contribution is 5.87. The molecule has 1 aromatic carbocycles. The maximum absolute atomic E-state index is 11.0. The van der Waals surface area contributed by atoms with Crippen LogP contribution in [0.25, 0.3) is 0 Å². The molecule has 0 radical (unpaired) electrons. The van der Waals surface area contributed by atoms with Crippen LogP contribution >= 0.6 is 0 Å². The molecule has 0 spiro atoms. The van der Waals surface area contributed by atoms with E-state index in [0.717, 1.165) is 25.8 Å². The number of nitrogen functional groups attached to an aromatic ring is 1. The molecule has 1 aromatic rings. The topological polar surface area (TPSA) is 105 Å². The minimum Gasteiger partial charge on any atom is -0.485 e. The van der Waals surface area contributed by atoms with Crippen LogP contribution in [0.2, 0.25) is 0 Å². The molecule has 1 aliphatic heterocycles. The lowest BCUT2D eigenvalue weighted by Crippen LogP contribution is -2.25. The lowest BCUT2D eigenvalue weighted by molar-refractivity contribution is -0.385. The van der Waals surface area contributed by atoms with Gasteiger partial charge in [-0.3, -0.25) is 15.0 Å². The quantitative estimate of drug-likeness (QED) is 0.356. The van der Waals surface area contributed by atoms with Crippen molar-refractivity contribution in [3.05, 3.63) is 27.8 Å². The number of anilines is 1. The van der Waals surface area contributed by atoms with E-state index in [1.54, 1.807) is 0 Å². The molecule has 0 bridgehead atoms. The number of hydrogen-bond donors (Lipinski definition) is 2. The van der Waals surface area contributed by atoms with Crippen LogP contribution in [0.1, 0.15) is 18.4 Å². The molecule has 0 aliphatic carbocycles. The van der Waals surface area contributed by atoms with Gasteiger partial charge in [0.1, 0.15) is 6.61 Å². The van der Waals surface area contributed by atoms with Crippen molar-refractivity contribution in [3.63, 3.8) is 0 Å². The number of benzene rings is 1. The third kappa shape index (κ3) is 3.24. The lowest BCUT2D eigenvalue weighted by Gasteiger charge is -2.15. The summed E-state index contributed by atoms with van der Waals surface area (Å²) in [5.74, 6) is 0.164. The van der Waals surface area contributed by atoms with Gasteiger partial charge >= 0.3 is 5.69 Å². The van der Waals surface area contributed by atoms with Gasteiger partial charge in [-0.05, 0) is 25.9 Å². The number of rotatable bonds is 6. The first kappa shape index (κ1) is 14.3. The summed E-state index contributed by atoms with van der Waals surface area (Å²) in [6.45, 7) is 3.26. The van der Waals surface area contributed by atoms with Gasteiger partial charge in [0.25, 0.3) is 0 Å². The Balaban J connectivity index is 2.07. The molecule has 1 heterocycles. The number of hydrogen-bond acceptors (Lipinski definition) is 6. The average molecular weight is 278 g/mol. The highest BCUT2D eigenvalue weighted by Crippen LogP contribution is 2.31. The molecule has 1 aliphatic rings. The second kappa shape index (κ2) is 6.33. The van der Waals surface area contributed by atoms with Crippen molar-refractivity contribution in [2.75, 3.05) is 32.0 Å². The minimum absolute atomic E-state index is 0.154. The molecule has 108 valence electrons. The zero-order chi connectivity index (χ0) is 14.5. The zero-order valence-corrected chi connectivity index (χ0v) is 11.2. The molecule has 2 rings (SSSR count). The van der Waals surface area contributed by atoms with Gasteiger partial charge in [-0.1, -0.05) is 0 Å². The predicted molar refractivity (Wildman–Crippen MR) is 76.6 cm³/mol. The van der Waals surface area contributed by atoms with Crippen LogP contribution < -0.4 is 10.5 Å². The van der Waals surface area contributed by atoms with E-state index in [9.17, 15) is 10.1 Å². The molecular formula is C13H18N4O3. The fraction of sp³-hybridized carbons (Fsp3) is 0.462. The van der Waals surface area contributed by atoms with Crippen LogP contribution in [-0.4, -0.2) is 42.3 Å². The van der Waals surface area contributed by atoms with E-state index in [1.807, 2.05) is 0 Å². The first-order chi connectivity index (χ1) is 9.61. The van der Waals surface area contributed by atoms with Gasteiger partial charge in [-0.25, -0.2) is 0 Å². The Morgan fingerprint density at radius 1 is 1.45 bits per heavy atom. The van der Waals surface area contributed by atoms with E-state index in [0.29, 0.717) is 17.9 Å². The average Bonchev–Trinajstić information content (AvgIpc) is 2.91. The van der Waals surface area contributed by atoms with Crippen molar-refractivity contribution in [1.29, 1.82) is 5.41 Å². The van der Waals surface area contributed by atoms with Crippen molar-refractivity contribution < 1.29 is 9.66 Å². The summed E-state index contributed by atoms with van der Waals surface area (Å²) in [7, 11) is 0. The molecule has 0 aromatic heterocycles. The minimum atomic E-state index is -0.516. The summed E-state index contributed by atoms with van der Waals surface area (Å²) >= 11 is 0. The van der Waals surface area contributed by atoms with Crippen molar-refractivity contribution in [2.45, 2.75) is 12.8 Å². The third-order valence-electron chi connectivity index (χ3n) is 3.38. The Labute approximate surface area is 117 Å². The van der Waals surface area contributed by atoms with Crippen LogP contribution in [0.15, 0.2) is 12.1 Å². The Hall–Kier alpha value is -2.15. The SMILES string of the molecule is N=Cc1cc([N+](=O)[O-])c(OCCN2CCCC2)cc1N. The van der Waals surface area contributed by atoms with Crippen molar-refractivity contribution >= 4 is 17.6 Å². The van der Waals surface area contributed by atoms with Crippen LogP contribution in [0, 0.1) is 15.5 Å². The predicted octanol–water partition coefficient (Wildman–Crippen LogP) is 1.65. The van der Waals surface area contributed by atoms with Crippen molar-refractivity contribution in [3.8, 4) is 5.75 Å². The zero-order valence-electron chi connectivity index (χ0n) is 11.2. The summed E-state index contributed by atoms with van der Waals surface area (Å²) in [5, 5.41) is 18.2. The molecule has 7 heteroatoms. The molecule has 1 fully saturated rings. The Kier molecular flexibility index (Phi) is 4.52. The monoisotopic (exact) mass is 278 g/mol. The summed E-state index contributed by atoms with van der Waals surface area (Å²) in [6, 6.07) is 2.69. The van der Waals surface area contributed by atoms with Gasteiger partial charge in [-0.15, -0.1) is 0 Å². The van der Waals surface area contributed by atoms with Gasteiger partial charge in [0.05, 0.1) is 4.92 Å². The number of nitro benzene ring substituents is 1. The maximum Gasteiger partial charge on any atom is 0.311 e. The summed E-state index contributed by atoms with van der Waals surface area (Å²) in [6.07, 6.45) is 3.39. The first-order valence-corrected chi connectivity index (χ1v) is 6.55. The fourth-order valence-corrected chi connectivity index (χ4v) is 2.27. The van der Waals surface area contributed by atoms with E-state index in [1.165, 1.54) is 25.0 Å². The smallest absolute Gasteiger partial charge is 0.311 e. The highest BCUT2D eigenvalue weighted by Gasteiger charge is 2.18. The Morgan fingerprint density at radius 3 is 2.75 bits per heavy atom. The molecule has 1 saturated heterocycles. The largest absolute Gasteiger partial charge is 0.485 e. The number of nitrogens with one attached hydrogen (secondary N) is 1. The molecule has 3 N–H and O–H groups in total. The van der Waals surface area contributed by atoms with Crippen LogP contribution in [0.3, 0.4) is 0 Å². The summed E-state index contributed by atoms with van der Waals surface area (Å²) < 4.78 is 5.50. The van der Waals surface area contributed by atoms with Crippen LogP contribution in [-0.2, 0) is 0 Å². The molecule has 7 nitrogen and oxygen atoms in total. The highest BCUT2D eigenvalue weighted by atomic mass is 16.6. The molecule has 20 heavy (non-hydrogen) atoms. The van der Waals surface area contributed by atoms with Gasteiger partial charge in [-0.2, -0.15) is 0 Å². The normalized spacial score (nSPS) is 15.2. The van der Waals surface area contributed by atoms with E-state index in [4.69, 9.17) is 15.9 Å². The maximum atomic E-state index is 11.0. The number of nitrogens with zero attached hydrogens (tertiary/aromatic N) is 2. The van der Waals surface area contributed by atoms with E-state index in [2.05, 4.69) is 4.90 Å². The number of ether oxygens (including phenoxy) is 1. The van der Waals surface area contributed by atoms with E-state index < -0.39 is 4.92 Å². The molecule has 0 saturated carbocycles. The number of likely N-dealkylation sites (tertiary alicyclic amines) is 1. The Morgan fingerprint density at radius 2 is 2.15 bits per heavy atom. The van der Waals surface area contributed by atoms with Gasteiger partial charge in [0, 0.05) is 36.1 Å². The standard InChI is InChI=1S/C13H18N4O3/c14-9-10-7-12(17(18)19)13(8-11(10)15)20-6-5-16-3-1-2-4-16/h7-9,14H,1-6,15H2. The van der Waals surface area contributed by atoms with E-state index in [-0.39, 0.29) is 11.4 Å². The molecule has 0 amide bonds. The Bertz CT molecular complexity index is 513. The van der Waals surface area contributed by atoms with Gasteiger partial charge < -0.3 is 15.9 Å². The lowest BCUT2D eigenvalue weighted by atomic mass is 10.1.